The summed E-state index contributed by atoms with van der Waals surface area (Å²) in [6.07, 6.45) is 0.0378. The van der Waals surface area contributed by atoms with Crippen LogP contribution >= 0.6 is 15.9 Å². The maximum atomic E-state index is 10.6. The van der Waals surface area contributed by atoms with Gasteiger partial charge in [-0.2, -0.15) is 0 Å². The number of halogens is 1. The van der Waals surface area contributed by atoms with Gasteiger partial charge >= 0.3 is 5.97 Å². The summed E-state index contributed by atoms with van der Waals surface area (Å²) in [5.74, 6) is -0.274. The number of aromatic nitrogens is 2. The number of carboxylic acids is 1. The first kappa shape index (κ1) is 14.5. The fraction of sp³-hybridized carbons (Fsp3) is 0.214. The van der Waals surface area contributed by atoms with Crippen LogP contribution in [0.15, 0.2) is 40.9 Å². The quantitative estimate of drug-likeness (QED) is 0.877. The van der Waals surface area contributed by atoms with E-state index in [1.54, 1.807) is 13.0 Å². The minimum absolute atomic E-state index is 0.0378. The van der Waals surface area contributed by atoms with Crippen LogP contribution in [0.25, 0.3) is 11.3 Å². The molecular weight excluding hydrogens is 322 g/mol. The van der Waals surface area contributed by atoms with Gasteiger partial charge < -0.3 is 10.4 Å². The van der Waals surface area contributed by atoms with E-state index in [9.17, 15) is 4.79 Å². The molecule has 1 heterocycles. The molecule has 2 aromatic rings. The number of nitrogens with one attached hydrogen (secondary N) is 1. The van der Waals surface area contributed by atoms with E-state index >= 15 is 0 Å². The summed E-state index contributed by atoms with van der Waals surface area (Å²) in [6.45, 7) is 1.79. The average Bonchev–Trinajstić information content (AvgIpc) is 2.39. The van der Waals surface area contributed by atoms with Crippen molar-refractivity contribution in [2.45, 2.75) is 19.4 Å². The molecule has 0 spiro atoms. The number of carbonyl (C=O) groups is 1. The first-order chi connectivity index (χ1) is 9.54. The number of rotatable bonds is 5. The number of anilines is 1. The Morgan fingerprint density at radius 3 is 2.50 bits per heavy atom. The predicted molar refractivity (Wildman–Crippen MR) is 80.5 cm³/mol. The zero-order valence-corrected chi connectivity index (χ0v) is 12.5. The Balaban J connectivity index is 2.06. The number of benzene rings is 1. The summed E-state index contributed by atoms with van der Waals surface area (Å²) >= 11 is 3.38. The van der Waals surface area contributed by atoms with Crippen LogP contribution in [-0.2, 0) is 4.79 Å². The van der Waals surface area contributed by atoms with Gasteiger partial charge in [-0.1, -0.05) is 28.1 Å². The van der Waals surface area contributed by atoms with Crippen molar-refractivity contribution in [2.75, 3.05) is 5.32 Å². The lowest BCUT2D eigenvalue weighted by molar-refractivity contribution is -0.137. The smallest absolute Gasteiger partial charge is 0.305 e. The minimum atomic E-state index is -0.843. The van der Waals surface area contributed by atoms with Crippen molar-refractivity contribution in [2.24, 2.45) is 0 Å². The largest absolute Gasteiger partial charge is 0.481 e. The lowest BCUT2D eigenvalue weighted by Gasteiger charge is -2.11. The molecule has 2 N–H and O–H groups in total. The van der Waals surface area contributed by atoms with E-state index in [4.69, 9.17) is 5.11 Å². The predicted octanol–water partition coefficient (Wildman–Crippen LogP) is 3.18. The van der Waals surface area contributed by atoms with E-state index < -0.39 is 5.97 Å². The van der Waals surface area contributed by atoms with Crippen LogP contribution in [0.4, 0.5) is 5.82 Å². The molecule has 5 nitrogen and oxygen atoms in total. The lowest BCUT2D eigenvalue weighted by Crippen LogP contribution is -2.20. The zero-order chi connectivity index (χ0) is 14.5. The third-order valence-corrected chi connectivity index (χ3v) is 3.21. The maximum Gasteiger partial charge on any atom is 0.305 e. The van der Waals surface area contributed by atoms with Crippen LogP contribution in [-0.4, -0.2) is 27.3 Å². The number of carboxylic acid groups (broad SMARTS) is 1. The summed E-state index contributed by atoms with van der Waals surface area (Å²) in [4.78, 5) is 10.6. The molecular formula is C14H14BrN3O2. The van der Waals surface area contributed by atoms with Crippen LogP contribution in [0.5, 0.6) is 0 Å². The molecule has 0 aliphatic carbocycles. The van der Waals surface area contributed by atoms with E-state index in [2.05, 4.69) is 31.4 Å². The third kappa shape index (κ3) is 4.03. The molecule has 0 radical (unpaired) electrons. The van der Waals surface area contributed by atoms with Crippen molar-refractivity contribution >= 4 is 27.7 Å². The zero-order valence-electron chi connectivity index (χ0n) is 10.9. The van der Waals surface area contributed by atoms with Crippen molar-refractivity contribution in [3.05, 3.63) is 40.9 Å². The molecule has 0 aliphatic heterocycles. The summed E-state index contributed by atoms with van der Waals surface area (Å²) in [6, 6.07) is 11.2. The number of nitrogens with zero attached hydrogens (tertiary/aromatic N) is 2. The fourth-order valence-corrected chi connectivity index (χ4v) is 2.01. The first-order valence-electron chi connectivity index (χ1n) is 6.12. The normalized spacial score (nSPS) is 11.9. The molecule has 0 bridgehead atoms. The topological polar surface area (TPSA) is 75.1 Å². The van der Waals surface area contributed by atoms with Crippen molar-refractivity contribution in [3.63, 3.8) is 0 Å². The second-order valence-electron chi connectivity index (χ2n) is 4.45. The summed E-state index contributed by atoms with van der Waals surface area (Å²) in [5.41, 5.74) is 1.75. The molecule has 0 saturated carbocycles. The Morgan fingerprint density at radius 2 is 1.95 bits per heavy atom. The van der Waals surface area contributed by atoms with Crippen molar-refractivity contribution < 1.29 is 9.90 Å². The van der Waals surface area contributed by atoms with Gasteiger partial charge in [-0.3, -0.25) is 4.79 Å². The van der Waals surface area contributed by atoms with Gasteiger partial charge in [0, 0.05) is 16.1 Å². The molecule has 1 unspecified atom stereocenters. The molecule has 20 heavy (non-hydrogen) atoms. The molecule has 0 fully saturated rings. The van der Waals surface area contributed by atoms with Crippen LogP contribution in [0, 0.1) is 0 Å². The second kappa shape index (κ2) is 6.47. The fourth-order valence-electron chi connectivity index (χ4n) is 1.75. The standard InChI is InChI=1S/C14H14BrN3O2/c1-9(8-14(19)20)16-13-7-6-12(17-18-13)10-2-4-11(15)5-3-10/h2-7,9H,8H2,1H3,(H,16,18)(H,19,20). The molecule has 2 rings (SSSR count). The lowest BCUT2D eigenvalue weighted by atomic mass is 10.1. The van der Waals surface area contributed by atoms with Crippen molar-refractivity contribution in [1.29, 1.82) is 0 Å². The maximum absolute atomic E-state index is 10.6. The van der Waals surface area contributed by atoms with Crippen LogP contribution in [0.1, 0.15) is 13.3 Å². The Kier molecular flexibility index (Phi) is 4.68. The number of aliphatic carboxylic acids is 1. The van der Waals surface area contributed by atoms with Gasteiger partial charge in [0.1, 0.15) is 5.82 Å². The Hall–Kier alpha value is -1.95. The van der Waals surface area contributed by atoms with Crippen LogP contribution in [0.3, 0.4) is 0 Å². The highest BCUT2D eigenvalue weighted by Gasteiger charge is 2.08. The number of hydrogen-bond donors (Lipinski definition) is 2. The highest BCUT2D eigenvalue weighted by Crippen LogP contribution is 2.20. The molecule has 0 aliphatic rings. The van der Waals surface area contributed by atoms with Gasteiger partial charge in [-0.25, -0.2) is 0 Å². The highest BCUT2D eigenvalue weighted by atomic mass is 79.9. The van der Waals surface area contributed by atoms with Gasteiger partial charge in [0.2, 0.25) is 0 Å². The molecule has 104 valence electrons. The Bertz CT molecular complexity index is 584. The first-order valence-corrected chi connectivity index (χ1v) is 6.92. The van der Waals surface area contributed by atoms with Crippen molar-refractivity contribution in [1.82, 2.24) is 10.2 Å². The molecule has 0 saturated heterocycles. The Labute approximate surface area is 125 Å². The number of hydrogen-bond acceptors (Lipinski definition) is 4. The Morgan fingerprint density at radius 1 is 1.25 bits per heavy atom. The van der Waals surface area contributed by atoms with E-state index in [0.717, 1.165) is 15.7 Å². The van der Waals surface area contributed by atoms with E-state index in [0.29, 0.717) is 5.82 Å². The second-order valence-corrected chi connectivity index (χ2v) is 5.37. The summed E-state index contributed by atoms with van der Waals surface area (Å²) in [5, 5.41) is 19.9. The van der Waals surface area contributed by atoms with Crippen LogP contribution < -0.4 is 5.32 Å². The molecule has 1 atom stereocenters. The van der Waals surface area contributed by atoms with Gasteiger partial charge in [-0.15, -0.1) is 10.2 Å². The average molecular weight is 336 g/mol. The summed E-state index contributed by atoms with van der Waals surface area (Å²) < 4.78 is 1.01. The van der Waals surface area contributed by atoms with E-state index in [1.165, 1.54) is 0 Å². The van der Waals surface area contributed by atoms with Gasteiger partial charge in [0.05, 0.1) is 12.1 Å². The summed E-state index contributed by atoms with van der Waals surface area (Å²) in [7, 11) is 0. The van der Waals surface area contributed by atoms with Gasteiger partial charge in [0.15, 0.2) is 0 Å². The third-order valence-electron chi connectivity index (χ3n) is 2.68. The molecule has 1 aromatic heterocycles. The monoisotopic (exact) mass is 335 g/mol. The van der Waals surface area contributed by atoms with Gasteiger partial charge in [0.25, 0.3) is 0 Å². The van der Waals surface area contributed by atoms with Crippen LogP contribution in [0.2, 0.25) is 0 Å². The van der Waals surface area contributed by atoms with E-state index in [-0.39, 0.29) is 12.5 Å². The molecule has 1 aromatic carbocycles. The SMILES string of the molecule is CC(CC(=O)O)Nc1ccc(-c2ccc(Br)cc2)nn1. The highest BCUT2D eigenvalue weighted by molar-refractivity contribution is 9.10. The molecule has 6 heteroatoms. The van der Waals surface area contributed by atoms with E-state index in [1.807, 2.05) is 30.3 Å². The minimum Gasteiger partial charge on any atom is -0.481 e. The van der Waals surface area contributed by atoms with Gasteiger partial charge in [-0.05, 0) is 31.2 Å². The molecule has 0 amide bonds. The van der Waals surface area contributed by atoms with Crippen molar-refractivity contribution in [3.8, 4) is 11.3 Å².